The van der Waals surface area contributed by atoms with Crippen LogP contribution in [-0.2, 0) is 19.1 Å². The van der Waals surface area contributed by atoms with E-state index >= 15 is 4.11 Å². The summed E-state index contributed by atoms with van der Waals surface area (Å²) >= 11 is 0. The number of hydrogen-bond acceptors (Lipinski definition) is 5. The van der Waals surface area contributed by atoms with Gasteiger partial charge in [0.05, 0.1) is 7.11 Å². The highest BCUT2D eigenvalue weighted by Gasteiger charge is 2.53. The van der Waals surface area contributed by atoms with Crippen LogP contribution in [0.15, 0.2) is 11.8 Å². The number of amides is 2. The molecule has 0 aliphatic heterocycles. The molecule has 0 spiro atoms. The average molecular weight is 460 g/mol. The Hall–Kier alpha value is -1.90. The van der Waals surface area contributed by atoms with E-state index in [1.165, 1.54) is 14.0 Å². The molecular weight excluding hydrogens is 418 g/mol. The van der Waals surface area contributed by atoms with Crippen LogP contribution in [0.5, 0.6) is 0 Å². The quantitative estimate of drug-likeness (QED) is 0.331. The van der Waals surface area contributed by atoms with E-state index in [-0.39, 0.29) is 6.42 Å². The van der Waals surface area contributed by atoms with Crippen molar-refractivity contribution in [3.05, 3.63) is 11.8 Å². The molecule has 0 aromatic rings. The number of alkyl carbamates (subject to hydrolysis) is 1. The van der Waals surface area contributed by atoms with E-state index in [1.807, 2.05) is 41.5 Å². The van der Waals surface area contributed by atoms with Crippen molar-refractivity contribution < 1.29 is 28.0 Å². The zero-order valence-corrected chi connectivity index (χ0v) is 21.9. The Morgan fingerprint density at radius 3 is 1.84 bits per heavy atom. The molecule has 31 heavy (non-hydrogen) atoms. The molecule has 9 heteroatoms. The van der Waals surface area contributed by atoms with Crippen LogP contribution in [-0.4, -0.2) is 51.2 Å². The minimum absolute atomic E-state index is 0.0454. The summed E-state index contributed by atoms with van der Waals surface area (Å²) < 4.78 is 25.9. The number of carbonyl (C=O) groups excluding carboxylic acids is 3. The Bertz CT molecular complexity index is 661. The highest BCUT2D eigenvalue weighted by molar-refractivity contribution is 6.83. The molecule has 0 radical (unpaired) electrons. The number of ether oxygens (including phenoxy) is 2. The van der Waals surface area contributed by atoms with Gasteiger partial charge in [-0.1, -0.05) is 53.3 Å². The van der Waals surface area contributed by atoms with Gasteiger partial charge in [0, 0.05) is 0 Å². The van der Waals surface area contributed by atoms with Crippen molar-refractivity contribution in [1.82, 2.24) is 10.6 Å². The fourth-order valence-electron chi connectivity index (χ4n) is 3.22. The van der Waals surface area contributed by atoms with Gasteiger partial charge in [-0.15, -0.1) is 0 Å². The lowest BCUT2D eigenvalue weighted by atomic mass is 10.1. The summed E-state index contributed by atoms with van der Waals surface area (Å²) in [4.78, 5) is 36.6. The minimum Gasteiger partial charge on any atom is -0.467 e. The topological polar surface area (TPSA) is 93.7 Å². The van der Waals surface area contributed by atoms with Gasteiger partial charge in [0.2, 0.25) is 5.91 Å². The molecule has 0 aromatic carbocycles. The van der Waals surface area contributed by atoms with E-state index in [9.17, 15) is 14.4 Å². The molecule has 0 aliphatic carbocycles. The van der Waals surface area contributed by atoms with Crippen LogP contribution in [0.25, 0.3) is 0 Å². The normalized spacial score (nSPS) is 15.2. The summed E-state index contributed by atoms with van der Waals surface area (Å²) in [5, 5.41) is 3.91. The first-order valence-corrected chi connectivity index (χ1v) is 12.4. The summed E-state index contributed by atoms with van der Waals surface area (Å²) in [6.07, 6.45) is 0.874. The van der Waals surface area contributed by atoms with Crippen molar-refractivity contribution in [3.63, 3.8) is 0 Å². The van der Waals surface area contributed by atoms with Crippen molar-refractivity contribution in [3.8, 4) is 0 Å². The first-order chi connectivity index (χ1) is 13.7. The van der Waals surface area contributed by atoms with Gasteiger partial charge in [0.15, 0.2) is 0 Å². The standard InChI is InChI=1S/C22H41FN2O5Si/c1-15(18(27)29-11)24-17(26)16(25-19(28)30-20(2,3)4)13-12-14-31(23,21(5,6)7)22(8,9)10/h12,14-16H,13H2,1-11H3,(H,24,26)(H,25,28)/b14-12+/t15-,16-/m0/s1/i23-1. The van der Waals surface area contributed by atoms with Crippen molar-refractivity contribution in [1.29, 1.82) is 0 Å². The Balaban J connectivity index is 5.69. The summed E-state index contributed by atoms with van der Waals surface area (Å²) in [6, 6.07) is -1.94. The largest absolute Gasteiger partial charge is 0.467 e. The fraction of sp³-hybridized carbons (Fsp3) is 0.773. The molecule has 0 aliphatic rings. The van der Waals surface area contributed by atoms with E-state index in [0.29, 0.717) is 0 Å². The van der Waals surface area contributed by atoms with E-state index < -0.39 is 54.1 Å². The average Bonchev–Trinajstić information content (AvgIpc) is 2.55. The Kier molecular flexibility index (Phi) is 9.96. The van der Waals surface area contributed by atoms with E-state index in [1.54, 1.807) is 32.5 Å². The maximum absolute atomic E-state index is 16.1. The second-order valence-electron chi connectivity index (χ2n) is 10.8. The maximum atomic E-state index is 16.1. The van der Waals surface area contributed by atoms with Gasteiger partial charge in [-0.25, -0.2) is 9.59 Å². The van der Waals surface area contributed by atoms with Gasteiger partial charge >= 0.3 is 12.1 Å². The molecule has 2 atom stereocenters. The fourth-order valence-corrected chi connectivity index (χ4v) is 6.93. The van der Waals surface area contributed by atoms with Crippen molar-refractivity contribution >= 4 is 26.4 Å². The van der Waals surface area contributed by atoms with Gasteiger partial charge in [-0.2, -0.15) is 0 Å². The lowest BCUT2D eigenvalue weighted by Crippen LogP contribution is -2.51. The van der Waals surface area contributed by atoms with Gasteiger partial charge in [-0.05, 0) is 44.2 Å². The molecule has 0 fully saturated rings. The first-order valence-electron chi connectivity index (χ1n) is 10.5. The van der Waals surface area contributed by atoms with E-state index in [4.69, 9.17) is 4.74 Å². The third-order valence-corrected chi connectivity index (χ3v) is 9.88. The molecule has 0 rings (SSSR count). The Morgan fingerprint density at radius 1 is 0.968 bits per heavy atom. The number of methoxy groups -OCH3 is 1. The molecule has 0 saturated carbocycles. The molecule has 0 aromatic heterocycles. The van der Waals surface area contributed by atoms with Crippen LogP contribution >= 0.6 is 0 Å². The van der Waals surface area contributed by atoms with Gasteiger partial charge in [0.1, 0.15) is 17.7 Å². The Morgan fingerprint density at radius 2 is 1.45 bits per heavy atom. The van der Waals surface area contributed by atoms with E-state index in [0.717, 1.165) is 0 Å². The van der Waals surface area contributed by atoms with Crippen LogP contribution in [0.1, 0.15) is 75.7 Å². The molecule has 180 valence electrons. The van der Waals surface area contributed by atoms with Crippen LogP contribution in [0.3, 0.4) is 0 Å². The Labute approximate surface area is 187 Å². The number of hydrogen-bond donors (Lipinski definition) is 2. The number of rotatable bonds is 7. The second-order valence-corrected chi connectivity index (χ2v) is 15.6. The molecule has 2 N–H and O–H groups in total. The zero-order valence-electron chi connectivity index (χ0n) is 20.9. The van der Waals surface area contributed by atoms with Gasteiger partial charge in [0.25, 0.3) is 8.41 Å². The lowest BCUT2D eigenvalue weighted by Gasteiger charge is -2.42. The smallest absolute Gasteiger partial charge is 0.408 e. The molecule has 0 bridgehead atoms. The molecular formula is C22H41FN2O5Si. The summed E-state index contributed by atoms with van der Waals surface area (Å²) in [7, 11) is -2.20. The second kappa shape index (κ2) is 10.6. The zero-order chi connectivity index (χ0) is 24.8. The van der Waals surface area contributed by atoms with Gasteiger partial charge in [-0.3, -0.25) is 4.79 Å². The molecule has 7 nitrogen and oxygen atoms in total. The summed E-state index contributed by atoms with van der Waals surface area (Å²) in [5.41, 5.74) is 0.841. The molecule has 0 unspecified atom stereocenters. The minimum atomic E-state index is -3.42. The number of carbonyl (C=O) groups is 3. The van der Waals surface area contributed by atoms with Crippen molar-refractivity contribution in [2.24, 2.45) is 0 Å². The summed E-state index contributed by atoms with van der Waals surface area (Å²) in [5.74, 6) is -1.21. The first kappa shape index (κ1) is 29.1. The number of esters is 1. The van der Waals surface area contributed by atoms with Crippen molar-refractivity contribution in [2.45, 2.75) is 103 Å². The highest BCUT2D eigenvalue weighted by atomic mass is 28.4. The number of halogens is 1. The highest BCUT2D eigenvalue weighted by Crippen LogP contribution is 2.52. The van der Waals surface area contributed by atoms with Crippen LogP contribution in [0, 0.1) is 0 Å². The monoisotopic (exact) mass is 459 g/mol. The van der Waals surface area contributed by atoms with Crippen molar-refractivity contribution in [2.75, 3.05) is 7.11 Å². The summed E-state index contributed by atoms with van der Waals surface area (Å²) in [6.45, 7) is 17.8. The maximum Gasteiger partial charge on any atom is 0.408 e. The molecule has 0 saturated heterocycles. The van der Waals surface area contributed by atoms with Gasteiger partial charge < -0.3 is 24.2 Å². The molecule has 0 heterocycles. The number of nitrogens with one attached hydrogen (secondary N) is 2. The predicted octanol–water partition coefficient (Wildman–Crippen LogP) is 4.56. The third-order valence-electron chi connectivity index (χ3n) is 4.82. The predicted molar refractivity (Wildman–Crippen MR) is 123 cm³/mol. The van der Waals surface area contributed by atoms with Crippen LogP contribution in [0.2, 0.25) is 10.1 Å². The van der Waals surface area contributed by atoms with Crippen LogP contribution < -0.4 is 10.6 Å². The third kappa shape index (κ3) is 9.01. The van der Waals surface area contributed by atoms with E-state index in [2.05, 4.69) is 15.4 Å². The SMILES string of the molecule is COC(=O)[C@H](C)NC(=O)[C@H](C/C=C/[Si]([18F])(C(C)(C)C)C(C)(C)C)NC(=O)OC(C)(C)C. The lowest BCUT2D eigenvalue weighted by molar-refractivity contribution is -0.144. The molecule has 2 amide bonds. The van der Waals surface area contributed by atoms with Crippen LogP contribution in [0.4, 0.5) is 8.90 Å².